The van der Waals surface area contributed by atoms with E-state index in [-0.39, 0.29) is 11.7 Å². The zero-order chi connectivity index (χ0) is 17.3. The molecule has 1 unspecified atom stereocenters. The molecule has 1 aliphatic carbocycles. The first-order chi connectivity index (χ1) is 11.5. The van der Waals surface area contributed by atoms with Gasteiger partial charge in [0, 0.05) is 13.0 Å². The normalized spacial score (nSPS) is 15.5. The number of carbonyl (C=O) groups excluding carboxylic acids is 1. The minimum absolute atomic E-state index is 0.0332. The average Bonchev–Trinajstić information content (AvgIpc) is 3.29. The van der Waals surface area contributed by atoms with Crippen LogP contribution in [0.5, 0.6) is 0 Å². The number of benzene rings is 1. The predicted octanol–water partition coefficient (Wildman–Crippen LogP) is 2.69. The van der Waals surface area contributed by atoms with Crippen molar-refractivity contribution in [1.82, 2.24) is 20.0 Å². The summed E-state index contributed by atoms with van der Waals surface area (Å²) in [7, 11) is 5.47. The van der Waals surface area contributed by atoms with Crippen LogP contribution in [-0.2, 0) is 11.3 Å². The molecule has 1 fully saturated rings. The Morgan fingerprint density at radius 1 is 1.29 bits per heavy atom. The second-order valence-corrected chi connectivity index (χ2v) is 6.70. The predicted molar refractivity (Wildman–Crippen MR) is 89.9 cm³/mol. The van der Waals surface area contributed by atoms with Gasteiger partial charge in [-0.25, -0.2) is 4.39 Å². The summed E-state index contributed by atoms with van der Waals surface area (Å²) < 4.78 is 13.2. The van der Waals surface area contributed by atoms with Gasteiger partial charge >= 0.3 is 0 Å². The van der Waals surface area contributed by atoms with E-state index in [4.69, 9.17) is 0 Å². The Balaban J connectivity index is 1.72. The molecule has 24 heavy (non-hydrogen) atoms. The van der Waals surface area contributed by atoms with E-state index in [1.807, 2.05) is 25.1 Å². The fourth-order valence-corrected chi connectivity index (χ4v) is 2.90. The van der Waals surface area contributed by atoms with Gasteiger partial charge in [0.2, 0.25) is 5.91 Å². The molecule has 0 bridgehead atoms. The lowest BCUT2D eigenvalue weighted by molar-refractivity contribution is -0.135. The maximum atomic E-state index is 13.2. The molecule has 2 aromatic rings. The van der Waals surface area contributed by atoms with Gasteiger partial charge in [0.1, 0.15) is 11.9 Å². The Morgan fingerprint density at radius 3 is 2.54 bits per heavy atom. The molecule has 1 N–H and O–H groups in total. The summed E-state index contributed by atoms with van der Waals surface area (Å²) >= 11 is 0. The van der Waals surface area contributed by atoms with E-state index in [2.05, 4.69) is 10.2 Å². The Morgan fingerprint density at radius 2 is 1.96 bits per heavy atom. The van der Waals surface area contributed by atoms with Crippen LogP contribution in [0.1, 0.15) is 41.8 Å². The summed E-state index contributed by atoms with van der Waals surface area (Å²) in [6, 6.07) is 7.69. The van der Waals surface area contributed by atoms with E-state index in [1.54, 1.807) is 24.1 Å². The molecule has 1 heterocycles. The molecular weight excluding hydrogens is 307 g/mol. The van der Waals surface area contributed by atoms with Gasteiger partial charge in [-0.1, -0.05) is 12.1 Å². The van der Waals surface area contributed by atoms with Gasteiger partial charge in [-0.05, 0) is 50.7 Å². The van der Waals surface area contributed by atoms with Crippen LogP contribution in [0.4, 0.5) is 4.39 Å². The highest BCUT2D eigenvalue weighted by atomic mass is 19.1. The Kier molecular flexibility index (Phi) is 4.66. The summed E-state index contributed by atoms with van der Waals surface area (Å²) in [5, 5.41) is 7.34. The first-order valence-electron chi connectivity index (χ1n) is 8.16. The first kappa shape index (κ1) is 16.6. The van der Waals surface area contributed by atoms with Crippen LogP contribution in [0.15, 0.2) is 30.3 Å². The molecule has 5 nitrogen and oxygen atoms in total. The van der Waals surface area contributed by atoms with Crippen molar-refractivity contribution in [3.63, 3.8) is 0 Å². The maximum absolute atomic E-state index is 13.2. The second-order valence-electron chi connectivity index (χ2n) is 6.70. The van der Waals surface area contributed by atoms with Gasteiger partial charge < -0.3 is 4.90 Å². The quantitative estimate of drug-likeness (QED) is 0.886. The lowest BCUT2D eigenvalue weighted by Gasteiger charge is -2.28. The highest BCUT2D eigenvalue weighted by molar-refractivity contribution is 5.83. The third-order valence-electron chi connectivity index (χ3n) is 4.37. The zero-order valence-electron chi connectivity index (χ0n) is 14.3. The Hall–Kier alpha value is -2.21. The monoisotopic (exact) mass is 330 g/mol. The molecule has 6 heteroatoms. The number of hydrogen-bond acceptors (Lipinski definition) is 3. The van der Waals surface area contributed by atoms with E-state index in [9.17, 15) is 9.18 Å². The number of aromatic amines is 1. The molecule has 1 aliphatic rings. The van der Waals surface area contributed by atoms with Crippen LogP contribution in [0, 0.1) is 5.82 Å². The molecule has 0 spiro atoms. The van der Waals surface area contributed by atoms with Crippen LogP contribution in [0.3, 0.4) is 0 Å². The van der Waals surface area contributed by atoms with E-state index in [0.29, 0.717) is 12.5 Å². The summed E-state index contributed by atoms with van der Waals surface area (Å²) in [5.41, 5.74) is 2.81. The third kappa shape index (κ3) is 3.64. The van der Waals surface area contributed by atoms with Gasteiger partial charge in [0.05, 0.1) is 17.9 Å². The van der Waals surface area contributed by atoms with Crippen molar-refractivity contribution in [2.24, 2.45) is 0 Å². The summed E-state index contributed by atoms with van der Waals surface area (Å²) in [6.45, 7) is 0.476. The van der Waals surface area contributed by atoms with E-state index >= 15 is 0 Å². The molecule has 0 radical (unpaired) electrons. The number of hydrogen-bond donors (Lipinski definition) is 1. The number of aromatic nitrogens is 2. The number of halogens is 1. The number of carbonyl (C=O) groups is 1. The van der Waals surface area contributed by atoms with Crippen molar-refractivity contribution in [1.29, 1.82) is 0 Å². The molecule has 128 valence electrons. The van der Waals surface area contributed by atoms with Crippen LogP contribution < -0.4 is 0 Å². The van der Waals surface area contributed by atoms with Crippen molar-refractivity contribution in [3.05, 3.63) is 53.1 Å². The summed E-state index contributed by atoms with van der Waals surface area (Å²) in [4.78, 5) is 16.4. The standard InChI is InChI=1S/C18H23FN4O/c1-22(2)17(13-6-8-14(19)9-7-13)18(24)23(3)11-15-10-16(21-20-15)12-4-5-12/h6-10,12,17H,4-5,11H2,1-3H3,(H,20,21). The van der Waals surface area contributed by atoms with Crippen molar-refractivity contribution in [2.45, 2.75) is 31.3 Å². The molecular formula is C18H23FN4O. The van der Waals surface area contributed by atoms with Gasteiger partial charge in [0.15, 0.2) is 0 Å². The van der Waals surface area contributed by atoms with Crippen LogP contribution >= 0.6 is 0 Å². The van der Waals surface area contributed by atoms with Crippen molar-refractivity contribution < 1.29 is 9.18 Å². The second kappa shape index (κ2) is 6.73. The molecule has 3 rings (SSSR count). The molecule has 1 atom stereocenters. The minimum Gasteiger partial charge on any atom is -0.338 e. The number of likely N-dealkylation sites (N-methyl/N-ethyl adjacent to an activating group) is 2. The van der Waals surface area contributed by atoms with Crippen LogP contribution in [0.25, 0.3) is 0 Å². The largest absolute Gasteiger partial charge is 0.338 e. The highest BCUT2D eigenvalue weighted by Crippen LogP contribution is 2.39. The van der Waals surface area contributed by atoms with Crippen LogP contribution in [0.2, 0.25) is 0 Å². The van der Waals surface area contributed by atoms with Gasteiger partial charge in [-0.2, -0.15) is 5.10 Å². The van der Waals surface area contributed by atoms with Crippen molar-refractivity contribution in [2.75, 3.05) is 21.1 Å². The number of amides is 1. The number of nitrogens with zero attached hydrogens (tertiary/aromatic N) is 3. The van der Waals surface area contributed by atoms with Crippen molar-refractivity contribution in [3.8, 4) is 0 Å². The summed E-state index contributed by atoms with van der Waals surface area (Å²) in [6.07, 6.45) is 2.40. The topological polar surface area (TPSA) is 52.2 Å². The van der Waals surface area contributed by atoms with Gasteiger partial charge in [0.25, 0.3) is 0 Å². The Bertz CT molecular complexity index is 706. The third-order valence-corrected chi connectivity index (χ3v) is 4.37. The van der Waals surface area contributed by atoms with Gasteiger partial charge in [-0.3, -0.25) is 14.8 Å². The Labute approximate surface area is 141 Å². The average molecular weight is 330 g/mol. The van der Waals surface area contributed by atoms with E-state index < -0.39 is 6.04 Å². The summed E-state index contributed by atoms with van der Waals surface area (Å²) in [5.74, 6) is 0.251. The fourth-order valence-electron chi connectivity index (χ4n) is 2.90. The minimum atomic E-state index is -0.443. The van der Waals surface area contributed by atoms with E-state index in [1.165, 1.54) is 25.0 Å². The molecule has 0 saturated heterocycles. The number of nitrogens with one attached hydrogen (secondary N) is 1. The fraction of sp³-hybridized carbons (Fsp3) is 0.444. The lowest BCUT2D eigenvalue weighted by Crippen LogP contribution is -2.38. The lowest BCUT2D eigenvalue weighted by atomic mass is 10.0. The van der Waals surface area contributed by atoms with Crippen molar-refractivity contribution >= 4 is 5.91 Å². The maximum Gasteiger partial charge on any atom is 0.244 e. The SMILES string of the molecule is CN(Cc1cc(C2CC2)n[nH]1)C(=O)C(c1ccc(F)cc1)N(C)C. The van der Waals surface area contributed by atoms with Gasteiger partial charge in [-0.15, -0.1) is 0 Å². The smallest absolute Gasteiger partial charge is 0.244 e. The highest BCUT2D eigenvalue weighted by Gasteiger charge is 2.28. The molecule has 1 aromatic heterocycles. The zero-order valence-corrected chi connectivity index (χ0v) is 14.3. The molecule has 0 aliphatic heterocycles. The first-order valence-corrected chi connectivity index (χ1v) is 8.16. The number of rotatable bonds is 6. The molecule has 1 amide bonds. The molecule has 1 aromatic carbocycles. The van der Waals surface area contributed by atoms with Crippen LogP contribution in [-0.4, -0.2) is 47.0 Å². The molecule has 1 saturated carbocycles. The number of H-pyrrole nitrogens is 1. The van der Waals surface area contributed by atoms with E-state index in [0.717, 1.165) is 17.0 Å².